The molecule has 0 aromatic carbocycles. The molecule has 1 aliphatic heterocycles. The van der Waals surface area contributed by atoms with Crippen LogP contribution in [0.4, 0.5) is 0 Å². The number of hydrogen-bond donors (Lipinski definition) is 1. The maximum absolute atomic E-state index is 12.6. The topological polar surface area (TPSA) is 90.8 Å². The van der Waals surface area contributed by atoms with Crippen LogP contribution in [-0.4, -0.2) is 63.9 Å². The highest BCUT2D eigenvalue weighted by Crippen LogP contribution is 2.27. The second kappa shape index (κ2) is 8.97. The maximum Gasteiger partial charge on any atom is 0.354 e. The monoisotopic (exact) mass is 373 g/mol. The van der Waals surface area contributed by atoms with Crippen molar-refractivity contribution in [2.24, 2.45) is 5.92 Å². The highest BCUT2D eigenvalue weighted by atomic mass is 16.4. The first-order chi connectivity index (χ1) is 13.0. The summed E-state index contributed by atoms with van der Waals surface area (Å²) in [5.74, 6) is -0.488. The summed E-state index contributed by atoms with van der Waals surface area (Å²) in [6.07, 6.45) is 9.32. The van der Waals surface area contributed by atoms with E-state index in [0.717, 1.165) is 6.42 Å². The first-order valence-corrected chi connectivity index (χ1v) is 9.81. The van der Waals surface area contributed by atoms with Gasteiger partial charge in [0.05, 0.1) is 0 Å². The number of nitrogens with zero attached hydrogens (tertiary/aromatic N) is 3. The van der Waals surface area contributed by atoms with Gasteiger partial charge in [-0.15, -0.1) is 0 Å². The van der Waals surface area contributed by atoms with Crippen molar-refractivity contribution in [2.45, 2.75) is 44.9 Å². The molecule has 0 bridgehead atoms. The molecule has 1 aromatic heterocycles. The van der Waals surface area contributed by atoms with E-state index >= 15 is 0 Å². The number of carbonyl (C=O) groups is 3. The normalized spacial score (nSPS) is 18.4. The summed E-state index contributed by atoms with van der Waals surface area (Å²) < 4.78 is 0. The van der Waals surface area contributed by atoms with Crippen LogP contribution >= 0.6 is 0 Å². The molecule has 1 aromatic rings. The average Bonchev–Trinajstić information content (AvgIpc) is 2.72. The SMILES string of the molecule is O=C(O)c1cc(C(=O)N2CCN(C(=O)CCC3CCCCC3)CC2)ccn1. The van der Waals surface area contributed by atoms with E-state index in [1.54, 1.807) is 4.90 Å². The number of carbonyl (C=O) groups excluding carboxylic acids is 2. The number of carboxylic acids is 1. The lowest BCUT2D eigenvalue weighted by molar-refractivity contribution is -0.133. The van der Waals surface area contributed by atoms with Crippen LogP contribution in [0.15, 0.2) is 18.3 Å². The number of amides is 2. The molecule has 2 fully saturated rings. The van der Waals surface area contributed by atoms with Gasteiger partial charge in [-0.2, -0.15) is 0 Å². The second-order valence-corrected chi connectivity index (χ2v) is 7.45. The summed E-state index contributed by atoms with van der Waals surface area (Å²) in [6.45, 7) is 2.01. The Hall–Kier alpha value is -2.44. The lowest BCUT2D eigenvalue weighted by Crippen LogP contribution is -2.50. The molecule has 0 radical (unpaired) electrons. The van der Waals surface area contributed by atoms with Crippen molar-refractivity contribution in [1.29, 1.82) is 0 Å². The molecule has 0 unspecified atom stereocenters. The van der Waals surface area contributed by atoms with Gasteiger partial charge in [-0.05, 0) is 24.5 Å². The van der Waals surface area contributed by atoms with Crippen molar-refractivity contribution in [2.75, 3.05) is 26.2 Å². The van der Waals surface area contributed by atoms with E-state index in [0.29, 0.717) is 44.1 Å². The van der Waals surface area contributed by atoms with Crippen LogP contribution in [0.1, 0.15) is 65.8 Å². The van der Waals surface area contributed by atoms with Gasteiger partial charge in [0.2, 0.25) is 5.91 Å². The summed E-state index contributed by atoms with van der Waals surface area (Å²) in [6, 6.07) is 2.82. The lowest BCUT2D eigenvalue weighted by atomic mass is 9.86. The van der Waals surface area contributed by atoms with Crippen molar-refractivity contribution >= 4 is 17.8 Å². The Labute approximate surface area is 159 Å². The fourth-order valence-electron chi connectivity index (χ4n) is 3.98. The van der Waals surface area contributed by atoms with Crippen molar-refractivity contribution in [1.82, 2.24) is 14.8 Å². The Bertz CT molecular complexity index is 692. The highest BCUT2D eigenvalue weighted by Gasteiger charge is 2.26. The van der Waals surface area contributed by atoms with E-state index in [1.165, 1.54) is 50.4 Å². The molecular weight excluding hydrogens is 346 g/mol. The summed E-state index contributed by atoms with van der Waals surface area (Å²) >= 11 is 0. The molecule has 1 saturated heterocycles. The number of aromatic carboxylic acids is 1. The number of pyridine rings is 1. The molecule has 7 heteroatoms. The Balaban J connectivity index is 1.47. The molecule has 1 aliphatic carbocycles. The molecule has 0 atom stereocenters. The van der Waals surface area contributed by atoms with Gasteiger partial charge in [-0.25, -0.2) is 9.78 Å². The zero-order chi connectivity index (χ0) is 19.2. The summed E-state index contributed by atoms with van der Waals surface area (Å²) in [5, 5.41) is 9.01. The third kappa shape index (κ3) is 5.05. The number of rotatable bonds is 5. The molecule has 2 aliphatic rings. The van der Waals surface area contributed by atoms with Crippen LogP contribution in [-0.2, 0) is 4.79 Å². The predicted octanol–water partition coefficient (Wildman–Crippen LogP) is 2.42. The first-order valence-electron chi connectivity index (χ1n) is 9.81. The number of hydrogen-bond acceptors (Lipinski definition) is 4. The Morgan fingerprint density at radius 2 is 1.70 bits per heavy atom. The zero-order valence-electron chi connectivity index (χ0n) is 15.6. The van der Waals surface area contributed by atoms with E-state index in [4.69, 9.17) is 5.11 Å². The minimum atomic E-state index is -1.15. The quantitative estimate of drug-likeness (QED) is 0.856. The zero-order valence-corrected chi connectivity index (χ0v) is 15.6. The van der Waals surface area contributed by atoms with Crippen LogP contribution in [0.2, 0.25) is 0 Å². The summed E-state index contributed by atoms with van der Waals surface area (Å²) in [4.78, 5) is 43.3. The minimum Gasteiger partial charge on any atom is -0.477 e. The second-order valence-electron chi connectivity index (χ2n) is 7.45. The highest BCUT2D eigenvalue weighted by molar-refractivity contribution is 5.96. The molecule has 3 rings (SSSR count). The summed E-state index contributed by atoms with van der Waals surface area (Å²) in [5.41, 5.74) is 0.178. The molecule has 1 saturated carbocycles. The molecule has 0 spiro atoms. The van der Waals surface area contributed by atoms with Crippen molar-refractivity contribution in [3.8, 4) is 0 Å². The van der Waals surface area contributed by atoms with Crippen LogP contribution in [0.3, 0.4) is 0 Å². The standard InChI is InChI=1S/C20H27N3O4/c24-18(7-6-15-4-2-1-3-5-15)22-10-12-23(13-11-22)19(25)16-8-9-21-17(14-16)20(26)27/h8-9,14-15H,1-7,10-13H2,(H,26,27). The van der Waals surface area contributed by atoms with E-state index < -0.39 is 5.97 Å². The molecule has 7 nitrogen and oxygen atoms in total. The molecule has 2 amide bonds. The number of aromatic nitrogens is 1. The van der Waals surface area contributed by atoms with Gasteiger partial charge in [0, 0.05) is 44.4 Å². The van der Waals surface area contributed by atoms with Gasteiger partial charge >= 0.3 is 5.97 Å². The average molecular weight is 373 g/mol. The van der Waals surface area contributed by atoms with E-state index in [1.807, 2.05) is 4.90 Å². The van der Waals surface area contributed by atoms with Crippen LogP contribution in [0.25, 0.3) is 0 Å². The van der Waals surface area contributed by atoms with Crippen LogP contribution < -0.4 is 0 Å². The molecule has 1 N–H and O–H groups in total. The van der Waals surface area contributed by atoms with E-state index in [9.17, 15) is 14.4 Å². The van der Waals surface area contributed by atoms with E-state index in [-0.39, 0.29) is 17.5 Å². The van der Waals surface area contributed by atoms with Crippen molar-refractivity contribution < 1.29 is 19.5 Å². The number of carboxylic acid groups (broad SMARTS) is 1. The van der Waals surface area contributed by atoms with Gasteiger partial charge in [-0.1, -0.05) is 32.1 Å². The maximum atomic E-state index is 12.6. The predicted molar refractivity (Wildman–Crippen MR) is 99.5 cm³/mol. The Morgan fingerprint density at radius 3 is 2.37 bits per heavy atom. The fraction of sp³-hybridized carbons (Fsp3) is 0.600. The van der Waals surface area contributed by atoms with Gasteiger partial charge in [0.25, 0.3) is 5.91 Å². The fourth-order valence-corrected chi connectivity index (χ4v) is 3.98. The first kappa shape index (κ1) is 19.3. The van der Waals surface area contributed by atoms with Crippen molar-refractivity contribution in [3.05, 3.63) is 29.6 Å². The number of piperazine rings is 1. The van der Waals surface area contributed by atoms with E-state index in [2.05, 4.69) is 4.98 Å². The lowest BCUT2D eigenvalue weighted by Gasteiger charge is -2.35. The third-order valence-electron chi connectivity index (χ3n) is 5.64. The van der Waals surface area contributed by atoms with Crippen LogP contribution in [0.5, 0.6) is 0 Å². The molecular formula is C20H27N3O4. The smallest absolute Gasteiger partial charge is 0.354 e. The van der Waals surface area contributed by atoms with Gasteiger partial charge in [-0.3, -0.25) is 9.59 Å². The van der Waals surface area contributed by atoms with Crippen molar-refractivity contribution in [3.63, 3.8) is 0 Å². The minimum absolute atomic E-state index is 0.141. The van der Waals surface area contributed by atoms with Gasteiger partial charge in [0.1, 0.15) is 5.69 Å². The Kier molecular flexibility index (Phi) is 6.42. The van der Waals surface area contributed by atoms with Crippen LogP contribution in [0, 0.1) is 5.92 Å². The van der Waals surface area contributed by atoms with Gasteiger partial charge < -0.3 is 14.9 Å². The molecule has 146 valence electrons. The summed E-state index contributed by atoms with van der Waals surface area (Å²) in [7, 11) is 0. The Morgan fingerprint density at radius 1 is 1.04 bits per heavy atom. The third-order valence-corrected chi connectivity index (χ3v) is 5.64. The molecule has 27 heavy (non-hydrogen) atoms. The molecule has 2 heterocycles. The van der Waals surface area contributed by atoms with Gasteiger partial charge in [0.15, 0.2) is 0 Å². The largest absolute Gasteiger partial charge is 0.477 e.